The molecule has 0 atom stereocenters. The summed E-state index contributed by atoms with van der Waals surface area (Å²) < 4.78 is 9.80. The summed E-state index contributed by atoms with van der Waals surface area (Å²) in [7, 11) is 0. The SMILES string of the molecule is CC(C)OC(=O)CSCC(=O)OC(C)C. The fourth-order valence-corrected chi connectivity index (χ4v) is 1.38. The summed E-state index contributed by atoms with van der Waals surface area (Å²) in [6, 6.07) is 0. The van der Waals surface area contributed by atoms with Crippen LogP contribution >= 0.6 is 11.8 Å². The molecule has 0 aliphatic heterocycles. The van der Waals surface area contributed by atoms with Gasteiger partial charge >= 0.3 is 11.9 Å². The first-order chi connectivity index (χ1) is 6.91. The Bertz CT molecular complexity index is 191. The molecule has 0 saturated heterocycles. The van der Waals surface area contributed by atoms with Crippen molar-refractivity contribution in [3.05, 3.63) is 0 Å². The zero-order valence-electron chi connectivity index (χ0n) is 9.61. The summed E-state index contributed by atoms with van der Waals surface area (Å²) in [5.41, 5.74) is 0. The molecule has 0 spiro atoms. The molecule has 0 saturated carbocycles. The molecule has 0 aromatic rings. The van der Waals surface area contributed by atoms with Gasteiger partial charge in [0.05, 0.1) is 23.7 Å². The highest BCUT2D eigenvalue weighted by atomic mass is 32.2. The van der Waals surface area contributed by atoms with Crippen LogP contribution in [0.15, 0.2) is 0 Å². The number of ether oxygens (including phenoxy) is 2. The maximum atomic E-state index is 11.1. The zero-order valence-corrected chi connectivity index (χ0v) is 10.4. The van der Waals surface area contributed by atoms with Crippen LogP contribution in [0.2, 0.25) is 0 Å². The van der Waals surface area contributed by atoms with E-state index in [1.807, 2.05) is 0 Å². The summed E-state index contributed by atoms with van der Waals surface area (Å²) in [5.74, 6) is -0.226. The Morgan fingerprint density at radius 3 is 1.53 bits per heavy atom. The quantitative estimate of drug-likeness (QED) is 0.654. The number of carbonyl (C=O) groups is 2. The molecule has 0 amide bonds. The molecule has 4 nitrogen and oxygen atoms in total. The van der Waals surface area contributed by atoms with Crippen LogP contribution in [-0.4, -0.2) is 35.7 Å². The molecule has 0 aromatic heterocycles. The predicted octanol–water partition coefficient (Wildman–Crippen LogP) is 1.62. The van der Waals surface area contributed by atoms with Gasteiger partial charge < -0.3 is 9.47 Å². The summed E-state index contributed by atoms with van der Waals surface area (Å²) in [4.78, 5) is 22.1. The van der Waals surface area contributed by atoms with Crippen LogP contribution in [0.5, 0.6) is 0 Å². The van der Waals surface area contributed by atoms with Crippen LogP contribution in [0, 0.1) is 0 Å². The van der Waals surface area contributed by atoms with Crippen LogP contribution in [0.1, 0.15) is 27.7 Å². The Labute approximate surface area is 94.7 Å². The number of carbonyl (C=O) groups excluding carboxylic acids is 2. The number of esters is 2. The fourth-order valence-electron chi connectivity index (χ4n) is 0.812. The fraction of sp³-hybridized carbons (Fsp3) is 0.800. The normalized spacial score (nSPS) is 10.5. The molecular formula is C10H18O4S. The number of rotatable bonds is 6. The smallest absolute Gasteiger partial charge is 0.316 e. The molecular weight excluding hydrogens is 216 g/mol. The van der Waals surface area contributed by atoms with Crippen molar-refractivity contribution in [1.82, 2.24) is 0 Å². The minimum Gasteiger partial charge on any atom is -0.462 e. The molecule has 0 radical (unpaired) electrons. The highest BCUT2D eigenvalue weighted by molar-refractivity contribution is 8.00. The lowest BCUT2D eigenvalue weighted by Gasteiger charge is -2.08. The molecule has 0 heterocycles. The highest BCUT2D eigenvalue weighted by Crippen LogP contribution is 2.04. The van der Waals surface area contributed by atoms with Gasteiger partial charge in [0.2, 0.25) is 0 Å². The van der Waals surface area contributed by atoms with E-state index in [0.29, 0.717) is 0 Å². The van der Waals surface area contributed by atoms with Gasteiger partial charge in [0.25, 0.3) is 0 Å². The lowest BCUT2D eigenvalue weighted by atomic mass is 10.5. The Morgan fingerprint density at radius 1 is 0.933 bits per heavy atom. The molecule has 0 fully saturated rings. The molecule has 0 aromatic carbocycles. The molecule has 0 rings (SSSR count). The first-order valence-corrected chi connectivity index (χ1v) is 6.04. The predicted molar refractivity (Wildman–Crippen MR) is 59.8 cm³/mol. The van der Waals surface area contributed by atoms with Gasteiger partial charge in [-0.15, -0.1) is 11.8 Å². The third kappa shape index (κ3) is 9.59. The third-order valence-electron chi connectivity index (χ3n) is 1.17. The van der Waals surface area contributed by atoms with Crippen molar-refractivity contribution in [3.63, 3.8) is 0 Å². The molecule has 5 heteroatoms. The zero-order chi connectivity index (χ0) is 11.8. The van der Waals surface area contributed by atoms with Crippen LogP contribution in [0.4, 0.5) is 0 Å². The van der Waals surface area contributed by atoms with Crippen LogP contribution in [0.3, 0.4) is 0 Å². The van der Waals surface area contributed by atoms with Crippen LogP contribution in [-0.2, 0) is 19.1 Å². The average Bonchev–Trinajstić information content (AvgIpc) is 2.00. The van der Waals surface area contributed by atoms with Gasteiger partial charge in [-0.2, -0.15) is 0 Å². The standard InChI is InChI=1S/C10H18O4S/c1-7(2)13-9(11)5-15-6-10(12)14-8(3)4/h7-8H,5-6H2,1-4H3. The van der Waals surface area contributed by atoms with Crippen molar-refractivity contribution in [3.8, 4) is 0 Å². The molecule has 88 valence electrons. The first kappa shape index (κ1) is 14.3. The van der Waals surface area contributed by atoms with E-state index in [-0.39, 0.29) is 35.7 Å². The second kappa shape index (κ2) is 7.56. The van der Waals surface area contributed by atoms with Crippen molar-refractivity contribution >= 4 is 23.7 Å². The summed E-state index contributed by atoms with van der Waals surface area (Å²) in [6.45, 7) is 7.15. The van der Waals surface area contributed by atoms with Crippen LogP contribution < -0.4 is 0 Å². The third-order valence-corrected chi connectivity index (χ3v) is 2.05. The average molecular weight is 234 g/mol. The van der Waals surface area contributed by atoms with Crippen LogP contribution in [0.25, 0.3) is 0 Å². The minimum atomic E-state index is -0.299. The van der Waals surface area contributed by atoms with Crippen molar-refractivity contribution in [1.29, 1.82) is 0 Å². The Kier molecular flexibility index (Phi) is 7.21. The summed E-state index contributed by atoms with van der Waals surface area (Å²) >= 11 is 1.20. The van der Waals surface area contributed by atoms with Crippen molar-refractivity contribution < 1.29 is 19.1 Å². The highest BCUT2D eigenvalue weighted by Gasteiger charge is 2.09. The van der Waals surface area contributed by atoms with Gasteiger partial charge in [-0.05, 0) is 27.7 Å². The molecule has 0 unspecified atom stereocenters. The second-order valence-corrected chi connectivity index (χ2v) is 4.56. The van der Waals surface area contributed by atoms with Crippen molar-refractivity contribution in [2.75, 3.05) is 11.5 Å². The number of hydrogen-bond donors (Lipinski definition) is 0. The maximum Gasteiger partial charge on any atom is 0.316 e. The van der Waals surface area contributed by atoms with Gasteiger partial charge in [-0.3, -0.25) is 9.59 Å². The lowest BCUT2D eigenvalue weighted by Crippen LogP contribution is -2.17. The maximum absolute atomic E-state index is 11.1. The van der Waals surface area contributed by atoms with E-state index in [2.05, 4.69) is 0 Å². The van der Waals surface area contributed by atoms with Crippen molar-refractivity contribution in [2.24, 2.45) is 0 Å². The van der Waals surface area contributed by atoms with E-state index in [0.717, 1.165) is 0 Å². The first-order valence-electron chi connectivity index (χ1n) is 4.88. The Balaban J connectivity index is 3.53. The Hall–Kier alpha value is -0.710. The van der Waals surface area contributed by atoms with Gasteiger partial charge in [-0.1, -0.05) is 0 Å². The second-order valence-electron chi connectivity index (χ2n) is 3.57. The summed E-state index contributed by atoms with van der Waals surface area (Å²) in [5, 5.41) is 0. The van der Waals surface area contributed by atoms with Gasteiger partial charge in [0.15, 0.2) is 0 Å². The van der Waals surface area contributed by atoms with E-state index >= 15 is 0 Å². The topological polar surface area (TPSA) is 52.6 Å². The number of hydrogen-bond acceptors (Lipinski definition) is 5. The molecule has 15 heavy (non-hydrogen) atoms. The molecule has 0 aliphatic rings. The summed E-state index contributed by atoms with van der Waals surface area (Å²) in [6.07, 6.45) is -0.221. The van der Waals surface area contributed by atoms with E-state index in [9.17, 15) is 9.59 Å². The molecule has 0 bridgehead atoms. The van der Waals surface area contributed by atoms with Crippen molar-refractivity contribution in [2.45, 2.75) is 39.9 Å². The monoisotopic (exact) mass is 234 g/mol. The minimum absolute atomic E-state index is 0.110. The molecule has 0 N–H and O–H groups in total. The van der Waals surface area contributed by atoms with E-state index in [1.54, 1.807) is 27.7 Å². The Morgan fingerprint density at radius 2 is 1.27 bits per heavy atom. The van der Waals surface area contributed by atoms with E-state index < -0.39 is 0 Å². The lowest BCUT2D eigenvalue weighted by molar-refractivity contribution is -0.144. The van der Waals surface area contributed by atoms with Gasteiger partial charge in [0, 0.05) is 0 Å². The van der Waals surface area contributed by atoms with E-state index in [1.165, 1.54) is 11.8 Å². The van der Waals surface area contributed by atoms with E-state index in [4.69, 9.17) is 9.47 Å². The number of thioether (sulfide) groups is 1. The molecule has 0 aliphatic carbocycles. The van der Waals surface area contributed by atoms with Gasteiger partial charge in [0.1, 0.15) is 0 Å². The largest absolute Gasteiger partial charge is 0.462 e. The van der Waals surface area contributed by atoms with Gasteiger partial charge in [-0.25, -0.2) is 0 Å².